The molecule has 0 fully saturated rings. The molecule has 110 valence electrons. The van der Waals surface area contributed by atoms with Crippen LogP contribution in [0.25, 0.3) is 0 Å². The minimum Gasteiger partial charge on any atom is -0.360 e. The molecule has 6 nitrogen and oxygen atoms in total. The van der Waals surface area contributed by atoms with Gasteiger partial charge >= 0.3 is 11.9 Å². The summed E-state index contributed by atoms with van der Waals surface area (Å²) in [4.78, 5) is 17.3. The SMILES string of the molecule is O=[N+]([O-])c1cc(C(F)(F)F)cnc1NCc1cccnc1. The average Bonchev–Trinajstić information content (AvgIpc) is 2.45. The summed E-state index contributed by atoms with van der Waals surface area (Å²) in [5.74, 6) is -0.225. The van der Waals surface area contributed by atoms with Crippen LogP contribution in [0.2, 0.25) is 0 Å². The molecule has 0 spiro atoms. The van der Waals surface area contributed by atoms with Crippen molar-refractivity contribution in [2.75, 3.05) is 5.32 Å². The van der Waals surface area contributed by atoms with E-state index in [9.17, 15) is 23.3 Å². The van der Waals surface area contributed by atoms with Crippen molar-refractivity contribution < 1.29 is 18.1 Å². The summed E-state index contributed by atoms with van der Waals surface area (Å²) >= 11 is 0. The molecule has 1 N–H and O–H groups in total. The van der Waals surface area contributed by atoms with Crippen LogP contribution in [-0.2, 0) is 12.7 Å². The van der Waals surface area contributed by atoms with Crippen LogP contribution >= 0.6 is 0 Å². The molecule has 2 aromatic rings. The van der Waals surface area contributed by atoms with Gasteiger partial charge in [-0.1, -0.05) is 6.07 Å². The highest BCUT2D eigenvalue weighted by atomic mass is 19.4. The second-order valence-corrected chi connectivity index (χ2v) is 4.06. The predicted octanol–water partition coefficient (Wildman–Crippen LogP) is 3.02. The summed E-state index contributed by atoms with van der Waals surface area (Å²) in [5.41, 5.74) is -1.18. The number of rotatable bonds is 4. The maximum absolute atomic E-state index is 12.5. The van der Waals surface area contributed by atoms with Crippen LogP contribution in [0.1, 0.15) is 11.1 Å². The maximum atomic E-state index is 12.5. The molecule has 2 aromatic heterocycles. The Balaban J connectivity index is 2.25. The second-order valence-electron chi connectivity index (χ2n) is 4.06. The van der Waals surface area contributed by atoms with E-state index in [2.05, 4.69) is 15.3 Å². The minimum absolute atomic E-state index is 0.160. The van der Waals surface area contributed by atoms with E-state index < -0.39 is 22.4 Å². The van der Waals surface area contributed by atoms with Gasteiger partial charge in [0.05, 0.1) is 10.5 Å². The van der Waals surface area contributed by atoms with E-state index in [0.29, 0.717) is 17.8 Å². The zero-order valence-electron chi connectivity index (χ0n) is 10.5. The van der Waals surface area contributed by atoms with E-state index in [0.717, 1.165) is 0 Å². The monoisotopic (exact) mass is 298 g/mol. The van der Waals surface area contributed by atoms with Crippen molar-refractivity contribution in [1.29, 1.82) is 0 Å². The van der Waals surface area contributed by atoms with Crippen molar-refractivity contribution in [3.8, 4) is 0 Å². The first-order chi connectivity index (χ1) is 9.88. The van der Waals surface area contributed by atoms with Crippen LogP contribution in [0.5, 0.6) is 0 Å². The predicted molar refractivity (Wildman–Crippen MR) is 67.5 cm³/mol. The molecular formula is C12H9F3N4O2. The number of hydrogen-bond acceptors (Lipinski definition) is 5. The first-order valence-corrected chi connectivity index (χ1v) is 5.72. The number of anilines is 1. The largest absolute Gasteiger partial charge is 0.418 e. The Morgan fingerprint density at radius 2 is 2.10 bits per heavy atom. The highest BCUT2D eigenvalue weighted by molar-refractivity contribution is 5.57. The molecule has 9 heteroatoms. The third kappa shape index (κ3) is 3.65. The van der Waals surface area contributed by atoms with Crippen molar-refractivity contribution >= 4 is 11.5 Å². The fourth-order valence-corrected chi connectivity index (χ4v) is 1.57. The van der Waals surface area contributed by atoms with Gasteiger partial charge in [0.2, 0.25) is 5.82 Å². The zero-order valence-corrected chi connectivity index (χ0v) is 10.5. The molecule has 0 aliphatic rings. The maximum Gasteiger partial charge on any atom is 0.418 e. The van der Waals surface area contributed by atoms with Gasteiger partial charge in [0.15, 0.2) is 0 Å². The average molecular weight is 298 g/mol. The van der Waals surface area contributed by atoms with Crippen LogP contribution in [-0.4, -0.2) is 14.9 Å². The minimum atomic E-state index is -4.68. The van der Waals surface area contributed by atoms with Crippen molar-refractivity contribution in [2.45, 2.75) is 12.7 Å². The fraction of sp³-hybridized carbons (Fsp3) is 0.167. The molecular weight excluding hydrogens is 289 g/mol. The quantitative estimate of drug-likeness (QED) is 0.693. The number of halogens is 3. The van der Waals surface area contributed by atoms with Gasteiger partial charge in [-0.25, -0.2) is 4.98 Å². The lowest BCUT2D eigenvalue weighted by Crippen LogP contribution is -2.10. The second kappa shape index (κ2) is 5.73. The molecule has 0 aliphatic heterocycles. The number of pyridine rings is 2. The van der Waals surface area contributed by atoms with E-state index in [-0.39, 0.29) is 12.4 Å². The zero-order chi connectivity index (χ0) is 15.5. The molecule has 0 aromatic carbocycles. The summed E-state index contributed by atoms with van der Waals surface area (Å²) in [6.45, 7) is 0.160. The Morgan fingerprint density at radius 3 is 2.67 bits per heavy atom. The van der Waals surface area contributed by atoms with E-state index in [1.807, 2.05) is 0 Å². The van der Waals surface area contributed by atoms with Crippen LogP contribution in [0.3, 0.4) is 0 Å². The Bertz CT molecular complexity index is 647. The van der Waals surface area contributed by atoms with Gasteiger partial charge in [-0.05, 0) is 11.6 Å². The summed E-state index contributed by atoms with van der Waals surface area (Å²) in [7, 11) is 0. The van der Waals surface area contributed by atoms with E-state index in [4.69, 9.17) is 0 Å². The molecule has 0 radical (unpaired) electrons. The molecule has 0 saturated heterocycles. The summed E-state index contributed by atoms with van der Waals surface area (Å²) < 4.78 is 37.6. The smallest absolute Gasteiger partial charge is 0.360 e. The first kappa shape index (κ1) is 14.7. The van der Waals surface area contributed by atoms with Gasteiger partial charge in [-0.2, -0.15) is 13.2 Å². The van der Waals surface area contributed by atoms with Gasteiger partial charge in [-0.15, -0.1) is 0 Å². The molecule has 0 unspecified atom stereocenters. The molecule has 0 amide bonds. The molecule has 0 atom stereocenters. The lowest BCUT2D eigenvalue weighted by atomic mass is 10.2. The molecule has 0 saturated carbocycles. The molecule has 2 heterocycles. The Labute approximate surface area is 116 Å². The third-order valence-corrected chi connectivity index (χ3v) is 2.57. The van der Waals surface area contributed by atoms with Crippen LogP contribution in [0.15, 0.2) is 36.8 Å². The molecule has 2 rings (SSSR count). The van der Waals surface area contributed by atoms with Crippen molar-refractivity contribution in [2.24, 2.45) is 0 Å². The highest BCUT2D eigenvalue weighted by Crippen LogP contribution is 2.33. The summed E-state index contributed by atoms with van der Waals surface area (Å²) in [5, 5.41) is 13.5. The summed E-state index contributed by atoms with van der Waals surface area (Å²) in [6.07, 6.45) is -1.04. The Morgan fingerprint density at radius 1 is 1.33 bits per heavy atom. The third-order valence-electron chi connectivity index (χ3n) is 2.57. The normalized spacial score (nSPS) is 11.2. The topological polar surface area (TPSA) is 81.0 Å². The number of nitro groups is 1. The van der Waals surface area contributed by atoms with Gasteiger partial charge < -0.3 is 5.32 Å². The molecule has 21 heavy (non-hydrogen) atoms. The van der Waals surface area contributed by atoms with Crippen molar-refractivity contribution in [3.05, 3.63) is 58.0 Å². The van der Waals surface area contributed by atoms with Crippen LogP contribution in [0.4, 0.5) is 24.7 Å². The fourth-order valence-electron chi connectivity index (χ4n) is 1.57. The number of nitrogens with zero attached hydrogens (tertiary/aromatic N) is 3. The summed E-state index contributed by atoms with van der Waals surface area (Å²) in [6, 6.07) is 3.85. The number of nitrogens with one attached hydrogen (secondary N) is 1. The number of alkyl halides is 3. The number of hydrogen-bond donors (Lipinski definition) is 1. The van der Waals surface area contributed by atoms with Crippen LogP contribution < -0.4 is 5.32 Å². The van der Waals surface area contributed by atoms with Gasteiger partial charge in [0.25, 0.3) is 0 Å². The van der Waals surface area contributed by atoms with Gasteiger partial charge in [0, 0.05) is 31.2 Å². The lowest BCUT2D eigenvalue weighted by molar-refractivity contribution is -0.384. The van der Waals surface area contributed by atoms with Crippen molar-refractivity contribution in [3.63, 3.8) is 0 Å². The Hall–Kier alpha value is -2.71. The van der Waals surface area contributed by atoms with Gasteiger partial charge in [0.1, 0.15) is 0 Å². The highest BCUT2D eigenvalue weighted by Gasteiger charge is 2.33. The van der Waals surface area contributed by atoms with E-state index in [1.54, 1.807) is 18.3 Å². The van der Waals surface area contributed by atoms with E-state index >= 15 is 0 Å². The Kier molecular flexibility index (Phi) is 4.01. The molecule has 0 aliphatic carbocycles. The van der Waals surface area contributed by atoms with Crippen molar-refractivity contribution in [1.82, 2.24) is 9.97 Å². The first-order valence-electron chi connectivity index (χ1n) is 5.72. The van der Waals surface area contributed by atoms with Gasteiger partial charge in [-0.3, -0.25) is 15.1 Å². The standard InChI is InChI=1S/C12H9F3N4O2/c13-12(14,15)9-4-10(19(20)21)11(18-7-9)17-6-8-2-1-3-16-5-8/h1-5,7H,6H2,(H,17,18). The van der Waals surface area contributed by atoms with Crippen LogP contribution in [0, 0.1) is 10.1 Å². The number of aromatic nitrogens is 2. The van der Waals surface area contributed by atoms with E-state index in [1.165, 1.54) is 6.20 Å². The molecule has 0 bridgehead atoms. The lowest BCUT2D eigenvalue weighted by Gasteiger charge is -2.09.